The predicted octanol–water partition coefficient (Wildman–Crippen LogP) is 2.19. The molecule has 1 aromatic rings. The van der Waals surface area contributed by atoms with Crippen LogP contribution in [0.2, 0.25) is 0 Å². The summed E-state index contributed by atoms with van der Waals surface area (Å²) in [6.07, 6.45) is 1.67. The lowest BCUT2D eigenvalue weighted by atomic mass is 9.95. The summed E-state index contributed by atoms with van der Waals surface area (Å²) in [4.78, 5) is 11.0. The number of rotatable bonds is 3. The highest BCUT2D eigenvalue weighted by Gasteiger charge is 2.33. The molecule has 6 heteroatoms. The average Bonchev–Trinajstić information content (AvgIpc) is 2.38. The van der Waals surface area contributed by atoms with E-state index in [1.165, 1.54) is 28.6 Å². The summed E-state index contributed by atoms with van der Waals surface area (Å²) in [5, 5.41) is 8.96. The van der Waals surface area contributed by atoms with Crippen molar-refractivity contribution in [3.05, 3.63) is 29.8 Å². The molecule has 1 aliphatic heterocycles. The van der Waals surface area contributed by atoms with Crippen molar-refractivity contribution < 1.29 is 18.3 Å². The molecule has 2 rings (SSSR count). The van der Waals surface area contributed by atoms with E-state index in [9.17, 15) is 13.2 Å². The summed E-state index contributed by atoms with van der Waals surface area (Å²) >= 11 is 0. The van der Waals surface area contributed by atoms with Gasteiger partial charge in [-0.25, -0.2) is 13.2 Å². The van der Waals surface area contributed by atoms with Gasteiger partial charge >= 0.3 is 5.97 Å². The molecule has 1 heterocycles. The number of carbonyl (C=O) groups is 1. The van der Waals surface area contributed by atoms with Crippen LogP contribution in [0, 0.1) is 5.92 Å². The van der Waals surface area contributed by atoms with Gasteiger partial charge in [0.2, 0.25) is 10.0 Å². The highest BCUT2D eigenvalue weighted by Crippen LogP contribution is 2.28. The molecule has 1 fully saturated rings. The molecular weight excluding hydrogens is 278 g/mol. The molecule has 1 N–H and O–H groups in total. The Balaban J connectivity index is 2.35. The van der Waals surface area contributed by atoms with Gasteiger partial charge in [-0.2, -0.15) is 4.31 Å². The lowest BCUT2D eigenvalue weighted by molar-refractivity contribution is 0.0696. The number of aromatic carboxylic acids is 1. The number of carboxylic acids is 1. The van der Waals surface area contributed by atoms with Crippen LogP contribution in [0.25, 0.3) is 0 Å². The zero-order chi connectivity index (χ0) is 14.9. The van der Waals surface area contributed by atoms with Crippen LogP contribution in [0.4, 0.5) is 0 Å². The van der Waals surface area contributed by atoms with Gasteiger partial charge in [-0.05, 0) is 43.9 Å². The predicted molar refractivity (Wildman–Crippen MR) is 75.2 cm³/mol. The molecule has 2 unspecified atom stereocenters. The summed E-state index contributed by atoms with van der Waals surface area (Å²) in [5.41, 5.74) is -0.0101. The van der Waals surface area contributed by atoms with E-state index in [1.54, 1.807) is 0 Å². The summed E-state index contributed by atoms with van der Waals surface area (Å²) in [7, 11) is -3.62. The molecule has 0 amide bonds. The largest absolute Gasteiger partial charge is 0.478 e. The highest BCUT2D eigenvalue weighted by atomic mass is 32.2. The third kappa shape index (κ3) is 2.86. The first-order valence-corrected chi connectivity index (χ1v) is 8.11. The first-order valence-electron chi connectivity index (χ1n) is 6.67. The number of benzene rings is 1. The second-order valence-electron chi connectivity index (χ2n) is 5.43. The van der Waals surface area contributed by atoms with E-state index < -0.39 is 16.0 Å². The Morgan fingerprint density at radius 1 is 1.35 bits per heavy atom. The van der Waals surface area contributed by atoms with Gasteiger partial charge < -0.3 is 5.11 Å². The minimum Gasteiger partial charge on any atom is -0.478 e. The molecule has 2 atom stereocenters. The molecule has 5 nitrogen and oxygen atoms in total. The Kier molecular flexibility index (Phi) is 4.15. The zero-order valence-electron chi connectivity index (χ0n) is 11.6. The van der Waals surface area contributed by atoms with Crippen molar-refractivity contribution in [2.24, 2.45) is 5.92 Å². The van der Waals surface area contributed by atoms with Crippen molar-refractivity contribution in [3.8, 4) is 0 Å². The fourth-order valence-electron chi connectivity index (χ4n) is 2.67. The lowest BCUT2D eigenvalue weighted by Crippen LogP contribution is -2.44. The number of carboxylic acid groups (broad SMARTS) is 1. The monoisotopic (exact) mass is 297 g/mol. The molecule has 0 radical (unpaired) electrons. The van der Waals surface area contributed by atoms with E-state index in [4.69, 9.17) is 5.11 Å². The lowest BCUT2D eigenvalue weighted by Gasteiger charge is -2.35. The van der Waals surface area contributed by atoms with E-state index in [2.05, 4.69) is 6.92 Å². The Hall–Kier alpha value is -1.40. The molecule has 0 aliphatic carbocycles. The SMILES string of the molecule is CC1CCN(S(=O)(=O)c2cccc(C(=O)O)c2)C(C)C1. The fourth-order valence-corrected chi connectivity index (χ4v) is 4.37. The van der Waals surface area contributed by atoms with Gasteiger partial charge in [-0.1, -0.05) is 13.0 Å². The van der Waals surface area contributed by atoms with E-state index in [0.717, 1.165) is 12.8 Å². The summed E-state index contributed by atoms with van der Waals surface area (Å²) in [6, 6.07) is 5.48. The fraction of sp³-hybridized carbons (Fsp3) is 0.500. The van der Waals surface area contributed by atoms with Gasteiger partial charge in [0, 0.05) is 12.6 Å². The summed E-state index contributed by atoms with van der Waals surface area (Å²) < 4.78 is 26.7. The molecule has 0 saturated carbocycles. The maximum Gasteiger partial charge on any atom is 0.335 e. The summed E-state index contributed by atoms with van der Waals surface area (Å²) in [5.74, 6) is -0.607. The van der Waals surface area contributed by atoms with Crippen molar-refractivity contribution in [2.45, 2.75) is 37.6 Å². The molecule has 20 heavy (non-hydrogen) atoms. The maximum atomic E-state index is 12.6. The molecule has 0 aromatic heterocycles. The van der Waals surface area contributed by atoms with Crippen molar-refractivity contribution in [2.75, 3.05) is 6.54 Å². The molecule has 110 valence electrons. The number of hydrogen-bond acceptors (Lipinski definition) is 3. The van der Waals surface area contributed by atoms with Gasteiger partial charge in [0.25, 0.3) is 0 Å². The molecular formula is C14H19NO4S. The van der Waals surface area contributed by atoms with Gasteiger partial charge in [0.1, 0.15) is 0 Å². The smallest absolute Gasteiger partial charge is 0.335 e. The molecule has 0 spiro atoms. The minimum atomic E-state index is -3.62. The van der Waals surface area contributed by atoms with E-state index in [1.807, 2.05) is 6.92 Å². The van der Waals surface area contributed by atoms with Crippen LogP contribution in [-0.4, -0.2) is 36.4 Å². The van der Waals surface area contributed by atoms with Crippen LogP contribution in [0.5, 0.6) is 0 Å². The number of piperidine rings is 1. The zero-order valence-corrected chi connectivity index (χ0v) is 12.4. The van der Waals surface area contributed by atoms with E-state index >= 15 is 0 Å². The second kappa shape index (κ2) is 5.54. The first kappa shape index (κ1) is 15.0. The van der Waals surface area contributed by atoms with Gasteiger partial charge in [0.05, 0.1) is 10.5 Å². The van der Waals surface area contributed by atoms with Crippen molar-refractivity contribution >= 4 is 16.0 Å². The van der Waals surface area contributed by atoms with Crippen molar-refractivity contribution in [1.29, 1.82) is 0 Å². The first-order chi connectivity index (χ1) is 9.32. The van der Waals surface area contributed by atoms with E-state index in [-0.39, 0.29) is 16.5 Å². The molecule has 0 bridgehead atoms. The summed E-state index contributed by atoms with van der Waals surface area (Å²) in [6.45, 7) is 4.50. The number of hydrogen-bond donors (Lipinski definition) is 1. The average molecular weight is 297 g/mol. The topological polar surface area (TPSA) is 74.7 Å². The Morgan fingerprint density at radius 2 is 2.05 bits per heavy atom. The van der Waals surface area contributed by atoms with Gasteiger partial charge in [0.15, 0.2) is 0 Å². The normalized spacial score (nSPS) is 24.5. The Bertz CT molecular complexity index is 611. The van der Waals surface area contributed by atoms with Crippen LogP contribution >= 0.6 is 0 Å². The molecule has 1 aliphatic rings. The number of nitrogens with zero attached hydrogens (tertiary/aromatic N) is 1. The number of sulfonamides is 1. The highest BCUT2D eigenvalue weighted by molar-refractivity contribution is 7.89. The Morgan fingerprint density at radius 3 is 2.65 bits per heavy atom. The molecule has 1 aromatic carbocycles. The third-order valence-corrected chi connectivity index (χ3v) is 5.77. The van der Waals surface area contributed by atoms with Gasteiger partial charge in [-0.3, -0.25) is 0 Å². The van der Waals surface area contributed by atoms with Crippen LogP contribution in [0.1, 0.15) is 37.0 Å². The maximum absolute atomic E-state index is 12.6. The third-order valence-electron chi connectivity index (χ3n) is 3.76. The molecule has 1 saturated heterocycles. The van der Waals surface area contributed by atoms with Crippen LogP contribution < -0.4 is 0 Å². The standard InChI is InChI=1S/C14H19NO4S/c1-10-6-7-15(11(2)8-10)20(18,19)13-5-3-4-12(9-13)14(16)17/h3-5,9-11H,6-8H2,1-2H3,(H,16,17). The minimum absolute atomic E-state index is 0.0101. The Labute approximate surface area is 119 Å². The van der Waals surface area contributed by atoms with E-state index in [0.29, 0.717) is 12.5 Å². The van der Waals surface area contributed by atoms with Crippen molar-refractivity contribution in [1.82, 2.24) is 4.31 Å². The van der Waals surface area contributed by atoms with Crippen LogP contribution in [-0.2, 0) is 10.0 Å². The van der Waals surface area contributed by atoms with Crippen LogP contribution in [0.15, 0.2) is 29.2 Å². The quantitative estimate of drug-likeness (QED) is 0.928. The van der Waals surface area contributed by atoms with Crippen LogP contribution in [0.3, 0.4) is 0 Å². The van der Waals surface area contributed by atoms with Gasteiger partial charge in [-0.15, -0.1) is 0 Å². The second-order valence-corrected chi connectivity index (χ2v) is 7.32. The van der Waals surface area contributed by atoms with Crippen molar-refractivity contribution in [3.63, 3.8) is 0 Å².